The van der Waals surface area contributed by atoms with E-state index in [1.165, 1.54) is 19.3 Å². The molecule has 156 valence electrons. The molecule has 6 nitrogen and oxygen atoms in total. The Kier molecular flexibility index (Phi) is 7.39. The van der Waals surface area contributed by atoms with Crippen LogP contribution in [0.1, 0.15) is 24.8 Å². The van der Waals surface area contributed by atoms with E-state index in [0.29, 0.717) is 23.7 Å². The first-order valence-electron chi connectivity index (χ1n) is 9.78. The number of hydrogen-bond donors (Lipinski definition) is 2. The van der Waals surface area contributed by atoms with Gasteiger partial charge in [0.2, 0.25) is 15.9 Å². The SMILES string of the molecule is O=C(CS(=O)(=O)Nc1ccc(N2CCCCC2)cc1)NCCc1cccc(Cl)c1. The minimum atomic E-state index is -3.77. The van der Waals surface area contributed by atoms with Crippen LogP contribution in [0.4, 0.5) is 11.4 Å². The van der Waals surface area contributed by atoms with E-state index in [4.69, 9.17) is 11.6 Å². The van der Waals surface area contributed by atoms with E-state index < -0.39 is 21.7 Å². The van der Waals surface area contributed by atoms with Crippen LogP contribution in [0.15, 0.2) is 48.5 Å². The lowest BCUT2D eigenvalue weighted by molar-refractivity contribution is -0.118. The predicted molar refractivity (Wildman–Crippen MR) is 118 cm³/mol. The van der Waals surface area contributed by atoms with Gasteiger partial charge in [-0.15, -0.1) is 0 Å². The van der Waals surface area contributed by atoms with Gasteiger partial charge in [-0.1, -0.05) is 23.7 Å². The van der Waals surface area contributed by atoms with Gasteiger partial charge < -0.3 is 10.2 Å². The summed E-state index contributed by atoms with van der Waals surface area (Å²) in [4.78, 5) is 14.3. The number of nitrogens with one attached hydrogen (secondary N) is 2. The van der Waals surface area contributed by atoms with Crippen molar-refractivity contribution in [3.8, 4) is 0 Å². The standard InChI is InChI=1S/C21H26ClN3O3S/c22-18-6-4-5-17(15-18)11-12-23-21(26)16-29(27,28)24-19-7-9-20(10-8-19)25-13-2-1-3-14-25/h4-10,15,24H,1-3,11-14,16H2,(H,23,26). The highest BCUT2D eigenvalue weighted by molar-refractivity contribution is 7.93. The summed E-state index contributed by atoms with van der Waals surface area (Å²) >= 11 is 5.93. The lowest BCUT2D eigenvalue weighted by atomic mass is 10.1. The maximum absolute atomic E-state index is 12.3. The first-order chi connectivity index (χ1) is 13.9. The molecule has 0 bridgehead atoms. The third-order valence-corrected chi connectivity index (χ3v) is 6.23. The Morgan fingerprint density at radius 3 is 2.45 bits per heavy atom. The van der Waals surface area contributed by atoms with Gasteiger partial charge in [0, 0.05) is 36.0 Å². The van der Waals surface area contributed by atoms with Crippen molar-refractivity contribution in [2.45, 2.75) is 25.7 Å². The quantitative estimate of drug-likeness (QED) is 0.665. The molecule has 1 amide bonds. The molecule has 0 spiro atoms. The summed E-state index contributed by atoms with van der Waals surface area (Å²) in [5, 5.41) is 3.27. The zero-order chi connectivity index (χ0) is 20.7. The van der Waals surface area contributed by atoms with Crippen LogP contribution in [-0.4, -0.2) is 39.7 Å². The number of hydrogen-bond acceptors (Lipinski definition) is 4. The summed E-state index contributed by atoms with van der Waals surface area (Å²) in [6.45, 7) is 2.40. The van der Waals surface area contributed by atoms with Crippen LogP contribution in [0, 0.1) is 0 Å². The van der Waals surface area contributed by atoms with Crippen molar-refractivity contribution < 1.29 is 13.2 Å². The summed E-state index contributed by atoms with van der Waals surface area (Å²) in [5.74, 6) is -1.15. The van der Waals surface area contributed by atoms with Gasteiger partial charge in [-0.25, -0.2) is 8.42 Å². The van der Waals surface area contributed by atoms with E-state index in [-0.39, 0.29) is 0 Å². The first kappa shape index (κ1) is 21.5. The Hall–Kier alpha value is -2.25. The molecule has 1 aliphatic rings. The van der Waals surface area contributed by atoms with Gasteiger partial charge in [-0.2, -0.15) is 0 Å². The van der Waals surface area contributed by atoms with Crippen LogP contribution in [0.3, 0.4) is 0 Å². The number of nitrogens with zero attached hydrogens (tertiary/aromatic N) is 1. The Balaban J connectivity index is 1.46. The second-order valence-corrected chi connectivity index (χ2v) is 9.34. The molecule has 8 heteroatoms. The smallest absolute Gasteiger partial charge is 0.241 e. The summed E-state index contributed by atoms with van der Waals surface area (Å²) in [6, 6.07) is 14.6. The van der Waals surface area contributed by atoms with Gasteiger partial charge in [0.25, 0.3) is 0 Å². The van der Waals surface area contributed by atoms with Crippen molar-refractivity contribution in [3.63, 3.8) is 0 Å². The van der Waals surface area contributed by atoms with E-state index >= 15 is 0 Å². The highest BCUT2D eigenvalue weighted by Gasteiger charge is 2.17. The second kappa shape index (κ2) is 9.98. The van der Waals surface area contributed by atoms with Crippen molar-refractivity contribution in [3.05, 3.63) is 59.1 Å². The Labute approximate surface area is 177 Å². The molecule has 0 unspecified atom stereocenters. The highest BCUT2D eigenvalue weighted by atomic mass is 35.5. The maximum atomic E-state index is 12.3. The van der Waals surface area contributed by atoms with Crippen LogP contribution in [-0.2, 0) is 21.2 Å². The fourth-order valence-electron chi connectivity index (χ4n) is 3.37. The van der Waals surface area contributed by atoms with Crippen LogP contribution in [0.2, 0.25) is 5.02 Å². The fourth-order valence-corrected chi connectivity index (χ4v) is 4.60. The van der Waals surface area contributed by atoms with E-state index in [2.05, 4.69) is 14.9 Å². The summed E-state index contributed by atoms with van der Waals surface area (Å²) < 4.78 is 27.0. The number of halogens is 1. The molecule has 1 saturated heterocycles. The van der Waals surface area contributed by atoms with Gasteiger partial charge in [0.05, 0.1) is 0 Å². The third-order valence-electron chi connectivity index (χ3n) is 4.81. The van der Waals surface area contributed by atoms with E-state index in [1.807, 2.05) is 30.3 Å². The number of benzene rings is 2. The number of carbonyl (C=O) groups excluding carboxylic acids is 1. The zero-order valence-electron chi connectivity index (χ0n) is 16.2. The molecule has 0 aromatic heterocycles. The first-order valence-corrected chi connectivity index (χ1v) is 11.8. The molecule has 1 fully saturated rings. The average molecular weight is 436 g/mol. The highest BCUT2D eigenvalue weighted by Crippen LogP contribution is 2.22. The number of sulfonamides is 1. The molecule has 0 atom stereocenters. The summed E-state index contributed by atoms with van der Waals surface area (Å²) in [5.41, 5.74) is 2.52. The van der Waals surface area contributed by atoms with Crippen LogP contribution in [0.5, 0.6) is 0 Å². The zero-order valence-corrected chi connectivity index (χ0v) is 17.8. The molecular formula is C21H26ClN3O3S. The second-order valence-electron chi connectivity index (χ2n) is 7.19. The molecule has 1 aliphatic heterocycles. The van der Waals surface area contributed by atoms with Gasteiger partial charge in [-0.3, -0.25) is 9.52 Å². The normalized spacial score (nSPS) is 14.4. The average Bonchev–Trinajstić information content (AvgIpc) is 2.68. The molecule has 3 rings (SSSR count). The van der Waals surface area contributed by atoms with E-state index in [0.717, 1.165) is 24.3 Å². The maximum Gasteiger partial charge on any atom is 0.241 e. The molecule has 0 aliphatic carbocycles. The molecule has 2 aromatic rings. The number of anilines is 2. The van der Waals surface area contributed by atoms with E-state index in [1.54, 1.807) is 18.2 Å². The summed E-state index contributed by atoms with van der Waals surface area (Å²) in [7, 11) is -3.77. The lowest BCUT2D eigenvalue weighted by Crippen LogP contribution is -2.34. The molecule has 2 N–H and O–H groups in total. The van der Waals surface area contributed by atoms with Crippen molar-refractivity contribution in [1.82, 2.24) is 5.32 Å². The van der Waals surface area contributed by atoms with Gasteiger partial charge in [-0.05, 0) is 67.6 Å². The fraction of sp³-hybridized carbons (Fsp3) is 0.381. The van der Waals surface area contributed by atoms with Crippen molar-refractivity contribution in [2.24, 2.45) is 0 Å². The van der Waals surface area contributed by atoms with Crippen molar-refractivity contribution in [2.75, 3.05) is 35.0 Å². The van der Waals surface area contributed by atoms with Crippen LogP contribution >= 0.6 is 11.6 Å². The minimum Gasteiger partial charge on any atom is -0.372 e. The molecular weight excluding hydrogens is 410 g/mol. The van der Waals surface area contributed by atoms with Gasteiger partial charge >= 0.3 is 0 Å². The minimum absolute atomic E-state index is 0.346. The topological polar surface area (TPSA) is 78.5 Å². The number of piperidine rings is 1. The lowest BCUT2D eigenvalue weighted by Gasteiger charge is -2.28. The van der Waals surface area contributed by atoms with Gasteiger partial charge in [0.1, 0.15) is 5.75 Å². The Bertz CT molecular complexity index is 926. The van der Waals surface area contributed by atoms with Crippen LogP contribution < -0.4 is 14.9 Å². The molecule has 2 aromatic carbocycles. The van der Waals surface area contributed by atoms with Gasteiger partial charge in [0.15, 0.2) is 0 Å². The Morgan fingerprint density at radius 2 is 1.76 bits per heavy atom. The van der Waals surface area contributed by atoms with E-state index in [9.17, 15) is 13.2 Å². The van der Waals surface area contributed by atoms with Crippen molar-refractivity contribution >= 4 is 38.9 Å². The number of rotatable bonds is 8. The molecule has 0 radical (unpaired) electrons. The Morgan fingerprint density at radius 1 is 1.03 bits per heavy atom. The molecule has 1 heterocycles. The summed E-state index contributed by atoms with van der Waals surface area (Å²) in [6.07, 6.45) is 4.20. The van der Waals surface area contributed by atoms with Crippen molar-refractivity contribution in [1.29, 1.82) is 0 Å². The molecule has 29 heavy (non-hydrogen) atoms. The predicted octanol–water partition coefficient (Wildman–Crippen LogP) is 3.43. The monoisotopic (exact) mass is 435 g/mol. The molecule has 0 saturated carbocycles. The third kappa shape index (κ3) is 6.94. The number of carbonyl (C=O) groups is 1. The number of amides is 1. The largest absolute Gasteiger partial charge is 0.372 e. The van der Waals surface area contributed by atoms with Crippen LogP contribution in [0.25, 0.3) is 0 Å².